The van der Waals surface area contributed by atoms with Gasteiger partial charge in [0.05, 0.1) is 0 Å². The predicted octanol–water partition coefficient (Wildman–Crippen LogP) is 10.6. The van der Waals surface area contributed by atoms with Gasteiger partial charge in [-0.3, -0.25) is 0 Å². The Morgan fingerprint density at radius 3 is 1.27 bits per heavy atom. The number of rotatable bonds is 12. The summed E-state index contributed by atoms with van der Waals surface area (Å²) in [6, 6.07) is 16.8. The van der Waals surface area contributed by atoms with Crippen LogP contribution in [0.25, 0.3) is 0 Å². The summed E-state index contributed by atoms with van der Waals surface area (Å²) >= 11 is 0. The molecule has 0 heterocycles. The number of anilines is 2. The van der Waals surface area contributed by atoms with Gasteiger partial charge in [0, 0.05) is 16.8 Å². The summed E-state index contributed by atoms with van der Waals surface area (Å²) in [7, 11) is 0. The molecule has 1 atom stereocenters. The van der Waals surface area contributed by atoms with Gasteiger partial charge < -0.3 is 11.5 Å². The van der Waals surface area contributed by atoms with Gasteiger partial charge in [-0.2, -0.15) is 0 Å². The summed E-state index contributed by atoms with van der Waals surface area (Å²) < 4.78 is 0. The first kappa shape index (κ1) is 33.1. The topological polar surface area (TPSA) is 52.0 Å². The molecular weight excluding hydrogens is 448 g/mol. The molecule has 0 amide bonds. The molecule has 0 radical (unpaired) electrons. The van der Waals surface area contributed by atoms with Crippen molar-refractivity contribution in [2.45, 2.75) is 132 Å². The third kappa shape index (κ3) is 8.79. The molecule has 4 N–H and O–H groups in total. The lowest BCUT2D eigenvalue weighted by atomic mass is 9.45. The van der Waals surface area contributed by atoms with Gasteiger partial charge in [0.2, 0.25) is 0 Å². The molecular formula is C35H60N2. The van der Waals surface area contributed by atoms with Crippen LogP contribution in [0.2, 0.25) is 0 Å². The van der Waals surface area contributed by atoms with Crippen LogP contribution in [0, 0.1) is 16.2 Å². The minimum absolute atomic E-state index is 0.00967. The first-order valence-corrected chi connectivity index (χ1v) is 14.8. The Balaban J connectivity index is 0.000000580. The first-order chi connectivity index (χ1) is 17.1. The van der Waals surface area contributed by atoms with E-state index in [1.807, 2.05) is 24.3 Å². The van der Waals surface area contributed by atoms with Crippen molar-refractivity contribution in [2.75, 3.05) is 11.5 Å². The number of hydrogen-bond acceptors (Lipinski definition) is 2. The van der Waals surface area contributed by atoms with Crippen molar-refractivity contribution in [1.29, 1.82) is 0 Å². The van der Waals surface area contributed by atoms with Gasteiger partial charge in [-0.1, -0.05) is 145 Å². The summed E-state index contributed by atoms with van der Waals surface area (Å²) in [4.78, 5) is 0. The summed E-state index contributed by atoms with van der Waals surface area (Å²) in [5.74, 6) is 0. The van der Waals surface area contributed by atoms with E-state index >= 15 is 0 Å². The van der Waals surface area contributed by atoms with Gasteiger partial charge in [-0.25, -0.2) is 0 Å². The molecule has 0 saturated carbocycles. The Bertz CT molecular complexity index is 876. The number of unbranched alkanes of at least 4 members (excludes halogenated alkanes) is 7. The fraction of sp³-hybridized carbons (Fsp3) is 0.657. The van der Waals surface area contributed by atoms with Crippen LogP contribution in [-0.2, 0) is 11.8 Å². The lowest BCUT2D eigenvalue weighted by Crippen LogP contribution is -2.54. The summed E-state index contributed by atoms with van der Waals surface area (Å²) in [5.41, 5.74) is 16.3. The average molecular weight is 509 g/mol. The van der Waals surface area contributed by atoms with Gasteiger partial charge in [-0.05, 0) is 58.1 Å². The molecule has 0 aromatic heterocycles. The lowest BCUT2D eigenvalue weighted by molar-refractivity contribution is -0.0604. The van der Waals surface area contributed by atoms with Crippen LogP contribution in [0.5, 0.6) is 0 Å². The lowest BCUT2D eigenvalue weighted by Gasteiger charge is -2.59. The molecule has 0 aliphatic rings. The molecule has 0 spiro atoms. The maximum Gasteiger partial charge on any atom is 0.0314 e. The minimum atomic E-state index is -0.0758. The van der Waals surface area contributed by atoms with Gasteiger partial charge in [-0.15, -0.1) is 0 Å². The maximum atomic E-state index is 5.99. The van der Waals surface area contributed by atoms with Crippen molar-refractivity contribution in [3.63, 3.8) is 0 Å². The second-order valence-corrected chi connectivity index (χ2v) is 13.5. The number of hydrogen-bond donors (Lipinski definition) is 2. The quantitative estimate of drug-likeness (QED) is 0.221. The highest BCUT2D eigenvalue weighted by atomic mass is 14.6. The van der Waals surface area contributed by atoms with Crippen LogP contribution in [0.4, 0.5) is 11.4 Å². The van der Waals surface area contributed by atoms with Crippen LogP contribution in [0.3, 0.4) is 0 Å². The first-order valence-electron chi connectivity index (χ1n) is 14.8. The van der Waals surface area contributed by atoms with Crippen molar-refractivity contribution in [3.05, 3.63) is 59.7 Å². The molecule has 0 saturated heterocycles. The maximum absolute atomic E-state index is 5.99. The second kappa shape index (κ2) is 14.3. The molecule has 2 rings (SSSR count). The second-order valence-electron chi connectivity index (χ2n) is 13.5. The highest BCUT2D eigenvalue weighted by Gasteiger charge is 2.55. The third-order valence-corrected chi connectivity index (χ3v) is 9.86. The smallest absolute Gasteiger partial charge is 0.0314 e. The van der Waals surface area contributed by atoms with Gasteiger partial charge >= 0.3 is 0 Å². The van der Waals surface area contributed by atoms with Gasteiger partial charge in [0.15, 0.2) is 0 Å². The normalized spacial score (nSPS) is 14.0. The van der Waals surface area contributed by atoms with E-state index in [9.17, 15) is 0 Å². The van der Waals surface area contributed by atoms with Crippen LogP contribution >= 0.6 is 0 Å². The highest BCUT2D eigenvalue weighted by molar-refractivity contribution is 5.44. The molecule has 2 nitrogen and oxygen atoms in total. The van der Waals surface area contributed by atoms with Crippen LogP contribution in [-0.4, -0.2) is 0 Å². The van der Waals surface area contributed by atoms with Crippen LogP contribution in [0.1, 0.15) is 132 Å². The summed E-state index contributed by atoms with van der Waals surface area (Å²) in [6.07, 6.45) is 12.4. The summed E-state index contributed by atoms with van der Waals surface area (Å²) in [5, 5.41) is 0. The monoisotopic (exact) mass is 508 g/mol. The van der Waals surface area contributed by atoms with Gasteiger partial charge in [0.25, 0.3) is 0 Å². The predicted molar refractivity (Wildman–Crippen MR) is 168 cm³/mol. The Kier molecular flexibility index (Phi) is 12.7. The Hall–Kier alpha value is -1.96. The number of nitrogen functional groups attached to an aromatic ring is 2. The molecule has 1 unspecified atom stereocenters. The largest absolute Gasteiger partial charge is 0.399 e. The fourth-order valence-electron chi connectivity index (χ4n) is 5.41. The number of nitrogens with two attached hydrogens (primary N) is 2. The molecule has 37 heavy (non-hydrogen) atoms. The Morgan fingerprint density at radius 2 is 0.892 bits per heavy atom. The van der Waals surface area contributed by atoms with E-state index in [0.29, 0.717) is 0 Å². The zero-order valence-electron chi connectivity index (χ0n) is 26.1. The highest BCUT2D eigenvalue weighted by Crippen LogP contribution is 2.60. The Labute approximate surface area is 231 Å². The molecule has 2 heteroatoms. The van der Waals surface area contributed by atoms with Crippen molar-refractivity contribution >= 4 is 11.4 Å². The van der Waals surface area contributed by atoms with Crippen LogP contribution < -0.4 is 11.5 Å². The molecule has 0 aliphatic carbocycles. The van der Waals surface area contributed by atoms with Crippen LogP contribution in [0.15, 0.2) is 48.5 Å². The molecule has 0 bridgehead atoms. The molecule has 210 valence electrons. The van der Waals surface area contributed by atoms with E-state index in [1.54, 1.807) is 0 Å². The summed E-state index contributed by atoms with van der Waals surface area (Å²) in [6.45, 7) is 23.7. The van der Waals surface area contributed by atoms with E-state index in [0.717, 1.165) is 17.8 Å². The van der Waals surface area contributed by atoms with E-state index < -0.39 is 0 Å². The van der Waals surface area contributed by atoms with Gasteiger partial charge in [0.1, 0.15) is 0 Å². The average Bonchev–Trinajstić information content (AvgIpc) is 2.82. The molecule has 0 fully saturated rings. The van der Waals surface area contributed by atoms with Crippen molar-refractivity contribution in [3.8, 4) is 0 Å². The van der Waals surface area contributed by atoms with E-state index in [4.69, 9.17) is 11.5 Å². The molecule has 2 aromatic rings. The zero-order chi connectivity index (χ0) is 28.3. The standard InChI is InChI=1S/C25H38N2.C10H22/c1-22(2,3)23(4,5)24(6,7)25(8,19-11-15-21(27)16-12-19)17-18-9-13-20(26)14-10-18;1-3-5-7-9-10-8-6-4-2/h9-16H,17,26-27H2,1-8H3;3-10H2,1-2H3. The number of benzene rings is 2. The Morgan fingerprint density at radius 1 is 0.514 bits per heavy atom. The third-order valence-electron chi connectivity index (χ3n) is 9.86. The van der Waals surface area contributed by atoms with E-state index in [-0.39, 0.29) is 21.7 Å². The fourth-order valence-corrected chi connectivity index (χ4v) is 5.41. The van der Waals surface area contributed by atoms with Crippen molar-refractivity contribution in [1.82, 2.24) is 0 Å². The van der Waals surface area contributed by atoms with E-state index in [1.165, 1.54) is 62.5 Å². The molecule has 2 aromatic carbocycles. The molecule has 0 aliphatic heterocycles. The van der Waals surface area contributed by atoms with E-state index in [2.05, 4.69) is 93.5 Å². The SMILES string of the molecule is CC(C)(C)C(C)(C)C(C)(C)C(C)(Cc1ccc(N)cc1)c1ccc(N)cc1.CCCCCCCCCC. The van der Waals surface area contributed by atoms with Crippen molar-refractivity contribution < 1.29 is 0 Å². The van der Waals surface area contributed by atoms with Crippen molar-refractivity contribution in [2.24, 2.45) is 16.2 Å². The zero-order valence-corrected chi connectivity index (χ0v) is 26.1. The minimum Gasteiger partial charge on any atom is -0.399 e.